The van der Waals surface area contributed by atoms with Gasteiger partial charge in [-0.2, -0.15) is 0 Å². The van der Waals surface area contributed by atoms with Crippen LogP contribution in [0.3, 0.4) is 0 Å². The molecule has 1 aliphatic carbocycles. The Morgan fingerprint density at radius 2 is 1.86 bits per heavy atom. The smallest absolute Gasteiger partial charge is 0.223 e. The van der Waals surface area contributed by atoms with Crippen molar-refractivity contribution in [1.82, 2.24) is 20.0 Å². The molecule has 2 rings (SSSR count). The van der Waals surface area contributed by atoms with Crippen molar-refractivity contribution in [3.63, 3.8) is 0 Å². The Hall–Kier alpha value is -0.570. The van der Waals surface area contributed by atoms with Gasteiger partial charge < -0.3 is 15.1 Å². The number of carbonyl (C=O) groups excluding carboxylic acids is 1. The average Bonchev–Trinajstić information content (AvgIpc) is 3.30. The highest BCUT2D eigenvalue weighted by atomic mass is 127. The first-order valence-electron chi connectivity index (χ1n) is 7.98. The molecule has 0 unspecified atom stereocenters. The molecular weight excluding hydrogens is 393 g/mol. The second kappa shape index (κ2) is 9.54. The normalized spacial score (nSPS) is 19.6. The molecule has 0 aromatic heterocycles. The Kier molecular flexibility index (Phi) is 8.45. The van der Waals surface area contributed by atoms with E-state index in [-0.39, 0.29) is 29.9 Å². The Morgan fingerprint density at radius 1 is 1.23 bits per heavy atom. The Morgan fingerprint density at radius 3 is 2.36 bits per heavy atom. The molecule has 2 fully saturated rings. The molecule has 1 saturated carbocycles. The molecule has 22 heavy (non-hydrogen) atoms. The maximum absolute atomic E-state index is 11.6. The second-order valence-corrected chi connectivity index (χ2v) is 6.24. The molecule has 1 amide bonds. The fourth-order valence-corrected chi connectivity index (χ4v) is 2.55. The maximum Gasteiger partial charge on any atom is 0.223 e. The zero-order chi connectivity index (χ0) is 15.2. The van der Waals surface area contributed by atoms with Gasteiger partial charge in [-0.25, -0.2) is 0 Å². The SMILES string of the molecule is CN=C(NCC1CC1)N1CCN(CCC(=O)N(C)C)CC1.I. The van der Waals surface area contributed by atoms with Crippen molar-refractivity contribution in [2.45, 2.75) is 19.3 Å². The van der Waals surface area contributed by atoms with Crippen LogP contribution in [0.1, 0.15) is 19.3 Å². The van der Waals surface area contributed by atoms with Gasteiger partial charge >= 0.3 is 0 Å². The molecule has 0 aromatic rings. The first kappa shape index (κ1) is 19.5. The summed E-state index contributed by atoms with van der Waals surface area (Å²) < 4.78 is 0. The molecule has 1 aliphatic heterocycles. The molecule has 0 radical (unpaired) electrons. The molecule has 2 aliphatic rings. The summed E-state index contributed by atoms with van der Waals surface area (Å²) in [7, 11) is 5.49. The quantitative estimate of drug-likeness (QED) is 0.402. The fourth-order valence-electron chi connectivity index (χ4n) is 2.55. The van der Waals surface area contributed by atoms with Crippen molar-refractivity contribution in [3.8, 4) is 0 Å². The summed E-state index contributed by atoms with van der Waals surface area (Å²) in [4.78, 5) is 22.4. The van der Waals surface area contributed by atoms with Gasteiger partial charge in [0.05, 0.1) is 0 Å². The summed E-state index contributed by atoms with van der Waals surface area (Å²) in [6.45, 7) is 5.90. The van der Waals surface area contributed by atoms with Crippen molar-refractivity contribution in [3.05, 3.63) is 0 Å². The van der Waals surface area contributed by atoms with E-state index < -0.39 is 0 Å². The molecule has 128 valence electrons. The van der Waals surface area contributed by atoms with E-state index in [0.29, 0.717) is 6.42 Å². The Balaban J connectivity index is 0.00000242. The number of hydrogen-bond acceptors (Lipinski definition) is 3. The third-order valence-corrected chi connectivity index (χ3v) is 4.27. The van der Waals surface area contributed by atoms with Gasteiger partial charge in [-0.15, -0.1) is 24.0 Å². The number of rotatable bonds is 5. The molecule has 1 saturated heterocycles. The summed E-state index contributed by atoms with van der Waals surface area (Å²) in [6, 6.07) is 0. The summed E-state index contributed by atoms with van der Waals surface area (Å²) >= 11 is 0. The molecule has 0 bridgehead atoms. The summed E-state index contributed by atoms with van der Waals surface area (Å²) in [5.41, 5.74) is 0. The predicted molar refractivity (Wildman–Crippen MR) is 101 cm³/mol. The van der Waals surface area contributed by atoms with Crippen molar-refractivity contribution in [1.29, 1.82) is 0 Å². The van der Waals surface area contributed by atoms with Crippen LogP contribution in [0.4, 0.5) is 0 Å². The third kappa shape index (κ3) is 6.28. The van der Waals surface area contributed by atoms with Gasteiger partial charge in [-0.05, 0) is 18.8 Å². The van der Waals surface area contributed by atoms with E-state index in [9.17, 15) is 4.79 Å². The number of halogens is 1. The van der Waals surface area contributed by atoms with E-state index in [1.54, 1.807) is 4.90 Å². The van der Waals surface area contributed by atoms with Crippen molar-refractivity contribution in [2.75, 3.05) is 60.4 Å². The van der Waals surface area contributed by atoms with Crippen LogP contribution in [0.25, 0.3) is 0 Å². The monoisotopic (exact) mass is 423 g/mol. The van der Waals surface area contributed by atoms with Gasteiger partial charge in [-0.1, -0.05) is 0 Å². The van der Waals surface area contributed by atoms with Gasteiger partial charge in [-0.3, -0.25) is 14.7 Å². The van der Waals surface area contributed by atoms with Crippen LogP contribution < -0.4 is 5.32 Å². The van der Waals surface area contributed by atoms with Crippen LogP contribution >= 0.6 is 24.0 Å². The largest absolute Gasteiger partial charge is 0.356 e. The highest BCUT2D eigenvalue weighted by Gasteiger charge is 2.24. The summed E-state index contributed by atoms with van der Waals surface area (Å²) in [5, 5.41) is 3.48. The molecular formula is C15H30IN5O. The number of piperazine rings is 1. The highest BCUT2D eigenvalue weighted by Crippen LogP contribution is 2.27. The van der Waals surface area contributed by atoms with E-state index >= 15 is 0 Å². The minimum absolute atomic E-state index is 0. The van der Waals surface area contributed by atoms with Crippen molar-refractivity contribution >= 4 is 35.8 Å². The number of guanidine groups is 1. The van der Waals surface area contributed by atoms with Crippen LogP contribution in [-0.2, 0) is 4.79 Å². The van der Waals surface area contributed by atoms with Gasteiger partial charge in [0.2, 0.25) is 5.91 Å². The first-order chi connectivity index (χ1) is 10.1. The van der Waals surface area contributed by atoms with Crippen LogP contribution in [0.2, 0.25) is 0 Å². The van der Waals surface area contributed by atoms with Crippen LogP contribution in [-0.4, -0.2) is 87.0 Å². The zero-order valence-corrected chi connectivity index (χ0v) is 16.4. The predicted octanol–water partition coefficient (Wildman–Crippen LogP) is 0.686. The minimum atomic E-state index is 0. The van der Waals surface area contributed by atoms with E-state index in [1.807, 2.05) is 21.1 Å². The fraction of sp³-hybridized carbons (Fsp3) is 0.867. The van der Waals surface area contributed by atoms with Crippen LogP contribution in [0.5, 0.6) is 0 Å². The lowest BCUT2D eigenvalue weighted by Crippen LogP contribution is -2.53. The number of aliphatic imine (C=N–C) groups is 1. The second-order valence-electron chi connectivity index (χ2n) is 6.24. The van der Waals surface area contributed by atoms with Gasteiger partial charge in [0.15, 0.2) is 5.96 Å². The van der Waals surface area contributed by atoms with E-state index in [1.165, 1.54) is 12.8 Å². The lowest BCUT2D eigenvalue weighted by atomic mass is 10.3. The van der Waals surface area contributed by atoms with Gasteiger partial charge in [0, 0.05) is 66.8 Å². The maximum atomic E-state index is 11.6. The van der Waals surface area contributed by atoms with Crippen LogP contribution in [0.15, 0.2) is 4.99 Å². The minimum Gasteiger partial charge on any atom is -0.356 e. The number of nitrogens with one attached hydrogen (secondary N) is 1. The van der Waals surface area contributed by atoms with E-state index in [4.69, 9.17) is 0 Å². The first-order valence-corrected chi connectivity index (χ1v) is 7.98. The number of nitrogens with zero attached hydrogens (tertiary/aromatic N) is 4. The van der Waals surface area contributed by atoms with Crippen LogP contribution in [0, 0.1) is 5.92 Å². The highest BCUT2D eigenvalue weighted by molar-refractivity contribution is 14.0. The van der Waals surface area contributed by atoms with E-state index in [0.717, 1.165) is 51.1 Å². The standard InChI is InChI=1S/C15H29N5O.HI/c1-16-15(17-12-13-4-5-13)20-10-8-19(9-11-20)7-6-14(21)18(2)3;/h13H,4-12H2,1-3H3,(H,16,17);1H. The Bertz CT molecular complexity index is 376. The topological polar surface area (TPSA) is 51.2 Å². The third-order valence-electron chi connectivity index (χ3n) is 4.27. The Labute approximate surface area is 151 Å². The molecule has 1 heterocycles. The number of hydrogen-bond donors (Lipinski definition) is 1. The summed E-state index contributed by atoms with van der Waals surface area (Å²) in [6.07, 6.45) is 3.33. The number of amides is 1. The average molecular weight is 423 g/mol. The molecule has 0 atom stereocenters. The molecule has 0 aromatic carbocycles. The van der Waals surface area contributed by atoms with E-state index in [2.05, 4.69) is 20.1 Å². The number of carbonyl (C=O) groups is 1. The van der Waals surface area contributed by atoms with Gasteiger partial charge in [0.1, 0.15) is 0 Å². The zero-order valence-electron chi connectivity index (χ0n) is 14.0. The molecule has 0 spiro atoms. The lowest BCUT2D eigenvalue weighted by molar-refractivity contribution is -0.129. The van der Waals surface area contributed by atoms with Gasteiger partial charge in [0.25, 0.3) is 0 Å². The molecule has 7 heteroatoms. The summed E-state index contributed by atoms with van der Waals surface area (Å²) in [5.74, 6) is 2.10. The molecule has 1 N–H and O–H groups in total. The lowest BCUT2D eigenvalue weighted by Gasteiger charge is -2.36. The van der Waals surface area contributed by atoms with Crippen molar-refractivity contribution in [2.24, 2.45) is 10.9 Å². The van der Waals surface area contributed by atoms with Crippen molar-refractivity contribution < 1.29 is 4.79 Å². The molecule has 6 nitrogen and oxygen atoms in total.